The maximum absolute atomic E-state index is 12.3. The normalized spacial score (nSPS) is 22.7. The van der Waals surface area contributed by atoms with Gasteiger partial charge < -0.3 is 9.64 Å². The van der Waals surface area contributed by atoms with Crippen LogP contribution in [0.25, 0.3) is 0 Å². The number of benzene rings is 1. The molecular formula is C17H22N2O3. The Labute approximate surface area is 130 Å². The number of hydrogen-bond donors (Lipinski definition) is 0. The van der Waals surface area contributed by atoms with Crippen molar-refractivity contribution in [2.75, 3.05) is 39.3 Å². The topological polar surface area (TPSA) is 49.9 Å². The second-order valence-electron chi connectivity index (χ2n) is 5.89. The van der Waals surface area contributed by atoms with E-state index in [0.717, 1.165) is 31.5 Å². The Morgan fingerprint density at radius 2 is 1.82 bits per heavy atom. The zero-order valence-corrected chi connectivity index (χ0v) is 12.7. The maximum atomic E-state index is 12.3. The van der Waals surface area contributed by atoms with Crippen molar-refractivity contribution in [3.63, 3.8) is 0 Å². The molecule has 1 aromatic carbocycles. The van der Waals surface area contributed by atoms with E-state index in [9.17, 15) is 9.59 Å². The minimum absolute atomic E-state index is 0.117. The first-order valence-electron chi connectivity index (χ1n) is 7.95. The summed E-state index contributed by atoms with van der Waals surface area (Å²) in [5.74, 6) is 0.256. The molecule has 5 nitrogen and oxygen atoms in total. The highest BCUT2D eigenvalue weighted by Gasteiger charge is 2.30. The van der Waals surface area contributed by atoms with Crippen molar-refractivity contribution in [3.8, 4) is 0 Å². The number of rotatable bonds is 4. The van der Waals surface area contributed by atoms with Crippen LogP contribution < -0.4 is 0 Å². The van der Waals surface area contributed by atoms with Gasteiger partial charge in [-0.25, -0.2) is 0 Å². The van der Waals surface area contributed by atoms with Crippen molar-refractivity contribution in [3.05, 3.63) is 35.9 Å². The van der Waals surface area contributed by atoms with Gasteiger partial charge in [0.2, 0.25) is 0 Å². The van der Waals surface area contributed by atoms with Crippen molar-refractivity contribution in [2.45, 2.75) is 18.9 Å². The van der Waals surface area contributed by atoms with E-state index in [1.54, 1.807) is 0 Å². The summed E-state index contributed by atoms with van der Waals surface area (Å²) in [6.07, 6.45) is 1.57. The molecule has 1 unspecified atom stereocenters. The van der Waals surface area contributed by atoms with Gasteiger partial charge in [0, 0.05) is 38.3 Å². The van der Waals surface area contributed by atoms with Gasteiger partial charge in [-0.1, -0.05) is 30.3 Å². The largest absolute Gasteiger partial charge is 0.368 e. The van der Waals surface area contributed by atoms with E-state index in [-0.39, 0.29) is 17.8 Å². The van der Waals surface area contributed by atoms with Crippen LogP contribution in [0.15, 0.2) is 30.3 Å². The van der Waals surface area contributed by atoms with Crippen LogP contribution in [0, 0.1) is 0 Å². The third-order valence-electron chi connectivity index (χ3n) is 4.35. The molecule has 22 heavy (non-hydrogen) atoms. The number of ether oxygens (including phenoxy) is 1. The van der Waals surface area contributed by atoms with Crippen LogP contribution in [0.2, 0.25) is 0 Å². The first kappa shape index (κ1) is 15.2. The Morgan fingerprint density at radius 3 is 2.45 bits per heavy atom. The van der Waals surface area contributed by atoms with Gasteiger partial charge in [0.15, 0.2) is 5.78 Å². The number of amides is 1. The van der Waals surface area contributed by atoms with Crippen LogP contribution in [0.5, 0.6) is 0 Å². The van der Waals surface area contributed by atoms with E-state index < -0.39 is 0 Å². The SMILES string of the molecule is O=C(CN1CCN(C(=O)C2CCCO2)CC1)c1ccccc1. The molecule has 0 radical (unpaired) electrons. The predicted octanol–water partition coefficient (Wildman–Crippen LogP) is 1.19. The molecule has 2 heterocycles. The standard InChI is InChI=1S/C17H22N2O3/c20-15(14-5-2-1-3-6-14)13-18-8-10-19(11-9-18)17(21)16-7-4-12-22-16/h1-3,5-6,16H,4,7-13H2. The lowest BCUT2D eigenvalue weighted by molar-refractivity contribution is -0.142. The third kappa shape index (κ3) is 3.54. The Morgan fingerprint density at radius 1 is 1.09 bits per heavy atom. The van der Waals surface area contributed by atoms with E-state index in [0.29, 0.717) is 26.2 Å². The Balaban J connectivity index is 1.47. The van der Waals surface area contributed by atoms with Crippen LogP contribution in [0.1, 0.15) is 23.2 Å². The average Bonchev–Trinajstić information content (AvgIpc) is 3.10. The molecule has 2 aliphatic heterocycles. The third-order valence-corrected chi connectivity index (χ3v) is 4.35. The number of ketones is 1. The summed E-state index contributed by atoms with van der Waals surface area (Å²) < 4.78 is 5.46. The lowest BCUT2D eigenvalue weighted by atomic mass is 10.1. The molecule has 0 N–H and O–H groups in total. The number of Topliss-reactive ketones (excluding diaryl/α,β-unsaturated/α-hetero) is 1. The molecule has 0 saturated carbocycles. The van der Waals surface area contributed by atoms with E-state index in [1.165, 1.54) is 0 Å². The highest BCUT2D eigenvalue weighted by atomic mass is 16.5. The number of carbonyl (C=O) groups is 2. The molecule has 5 heteroatoms. The highest BCUT2D eigenvalue weighted by molar-refractivity contribution is 5.97. The number of nitrogens with zero attached hydrogens (tertiary/aromatic N) is 2. The lowest BCUT2D eigenvalue weighted by Crippen LogP contribution is -2.52. The van der Waals surface area contributed by atoms with E-state index in [4.69, 9.17) is 4.74 Å². The average molecular weight is 302 g/mol. The van der Waals surface area contributed by atoms with Gasteiger partial charge in [0.1, 0.15) is 6.10 Å². The maximum Gasteiger partial charge on any atom is 0.251 e. The van der Waals surface area contributed by atoms with Gasteiger partial charge in [0.05, 0.1) is 6.54 Å². The molecular weight excluding hydrogens is 280 g/mol. The summed E-state index contributed by atoms with van der Waals surface area (Å²) in [4.78, 5) is 28.5. The quantitative estimate of drug-likeness (QED) is 0.784. The monoisotopic (exact) mass is 302 g/mol. The van der Waals surface area contributed by atoms with Crippen LogP contribution in [-0.4, -0.2) is 66.9 Å². The van der Waals surface area contributed by atoms with Gasteiger partial charge in [0.25, 0.3) is 5.91 Å². The molecule has 0 aromatic heterocycles. The van der Waals surface area contributed by atoms with Crippen molar-refractivity contribution in [2.24, 2.45) is 0 Å². The summed E-state index contributed by atoms with van der Waals surface area (Å²) in [6, 6.07) is 9.36. The van der Waals surface area contributed by atoms with Crippen LogP contribution in [-0.2, 0) is 9.53 Å². The number of carbonyl (C=O) groups excluding carboxylic acids is 2. The van der Waals surface area contributed by atoms with Crippen LogP contribution in [0.4, 0.5) is 0 Å². The first-order chi connectivity index (χ1) is 10.7. The van der Waals surface area contributed by atoms with Gasteiger partial charge in [-0.2, -0.15) is 0 Å². The zero-order chi connectivity index (χ0) is 15.4. The fraction of sp³-hybridized carbons (Fsp3) is 0.529. The minimum atomic E-state index is -0.238. The minimum Gasteiger partial charge on any atom is -0.368 e. The molecule has 2 saturated heterocycles. The Bertz CT molecular complexity index is 518. The predicted molar refractivity (Wildman–Crippen MR) is 82.8 cm³/mol. The van der Waals surface area contributed by atoms with E-state index >= 15 is 0 Å². The molecule has 3 rings (SSSR count). The van der Waals surface area contributed by atoms with Gasteiger partial charge in [-0.15, -0.1) is 0 Å². The second-order valence-corrected chi connectivity index (χ2v) is 5.89. The van der Waals surface area contributed by atoms with Crippen molar-refractivity contribution in [1.29, 1.82) is 0 Å². The molecule has 0 bridgehead atoms. The van der Waals surface area contributed by atoms with Gasteiger partial charge in [-0.05, 0) is 12.8 Å². The number of hydrogen-bond acceptors (Lipinski definition) is 4. The Kier molecular flexibility index (Phi) is 4.85. The Hall–Kier alpha value is -1.72. The van der Waals surface area contributed by atoms with E-state index in [1.807, 2.05) is 35.2 Å². The summed E-state index contributed by atoms with van der Waals surface area (Å²) in [5, 5.41) is 0. The summed E-state index contributed by atoms with van der Waals surface area (Å²) in [6.45, 7) is 3.98. The highest BCUT2D eigenvalue weighted by Crippen LogP contribution is 2.16. The summed E-state index contributed by atoms with van der Waals surface area (Å²) in [7, 11) is 0. The van der Waals surface area contributed by atoms with Crippen molar-refractivity contribution in [1.82, 2.24) is 9.80 Å². The first-order valence-corrected chi connectivity index (χ1v) is 7.95. The van der Waals surface area contributed by atoms with Crippen molar-refractivity contribution < 1.29 is 14.3 Å². The fourth-order valence-electron chi connectivity index (χ4n) is 3.02. The summed E-state index contributed by atoms with van der Waals surface area (Å²) >= 11 is 0. The lowest BCUT2D eigenvalue weighted by Gasteiger charge is -2.35. The van der Waals surface area contributed by atoms with Crippen LogP contribution >= 0.6 is 0 Å². The number of piperazine rings is 1. The van der Waals surface area contributed by atoms with Crippen molar-refractivity contribution >= 4 is 11.7 Å². The molecule has 1 aromatic rings. The molecule has 1 amide bonds. The smallest absolute Gasteiger partial charge is 0.251 e. The molecule has 1 atom stereocenters. The molecule has 0 aliphatic carbocycles. The van der Waals surface area contributed by atoms with Gasteiger partial charge >= 0.3 is 0 Å². The molecule has 2 aliphatic rings. The zero-order valence-electron chi connectivity index (χ0n) is 12.7. The molecule has 2 fully saturated rings. The second kappa shape index (κ2) is 7.03. The van der Waals surface area contributed by atoms with E-state index in [2.05, 4.69) is 4.90 Å². The fourth-order valence-corrected chi connectivity index (χ4v) is 3.02. The van der Waals surface area contributed by atoms with Crippen LogP contribution in [0.3, 0.4) is 0 Å². The van der Waals surface area contributed by atoms with Gasteiger partial charge in [-0.3, -0.25) is 14.5 Å². The summed E-state index contributed by atoms with van der Waals surface area (Å²) in [5.41, 5.74) is 0.750. The molecule has 118 valence electrons. The molecule has 0 spiro atoms.